The van der Waals surface area contributed by atoms with Crippen LogP contribution < -0.4 is 14.8 Å². The van der Waals surface area contributed by atoms with Gasteiger partial charge in [0.2, 0.25) is 0 Å². The molecule has 1 aliphatic heterocycles. The molecule has 2 unspecified atom stereocenters. The van der Waals surface area contributed by atoms with Gasteiger partial charge in [-0.2, -0.15) is 23.5 Å². The van der Waals surface area contributed by atoms with Crippen LogP contribution in [0.5, 0.6) is 11.5 Å². The molecule has 0 amide bonds. The fraction of sp³-hybridized carbons (Fsp3) is 0.318. The Morgan fingerprint density at radius 2 is 1.91 bits per heavy atom. The molecular weight excluding hydrogens is 423 g/mol. The second-order valence-corrected chi connectivity index (χ2v) is 7.47. The van der Waals surface area contributed by atoms with Gasteiger partial charge in [0.25, 0.3) is 0 Å². The van der Waals surface area contributed by atoms with Gasteiger partial charge in [0, 0.05) is 24.2 Å². The second-order valence-electron chi connectivity index (χ2n) is 7.47. The van der Waals surface area contributed by atoms with Gasteiger partial charge in [-0.1, -0.05) is 6.07 Å². The number of alkyl halides is 3. The number of aromatic nitrogens is 3. The largest absolute Gasteiger partial charge is 0.493 e. The summed E-state index contributed by atoms with van der Waals surface area (Å²) in [6.45, 7) is 1.72. The van der Waals surface area contributed by atoms with Crippen molar-refractivity contribution >= 4 is 5.82 Å². The number of nitrogens with one attached hydrogen (secondary N) is 1. The Balaban J connectivity index is 1.74. The van der Waals surface area contributed by atoms with Crippen molar-refractivity contribution in [1.82, 2.24) is 14.8 Å². The zero-order valence-corrected chi connectivity index (χ0v) is 17.6. The number of fused-ring (bicyclic) bond motifs is 1. The van der Waals surface area contributed by atoms with E-state index in [1.807, 2.05) is 6.07 Å². The van der Waals surface area contributed by atoms with Crippen molar-refractivity contribution < 1.29 is 22.6 Å². The number of halogens is 3. The van der Waals surface area contributed by atoms with Crippen LogP contribution in [0.25, 0.3) is 11.3 Å². The van der Waals surface area contributed by atoms with Crippen LogP contribution in [-0.2, 0) is 0 Å². The van der Waals surface area contributed by atoms with E-state index in [-0.39, 0.29) is 17.9 Å². The number of aryl methyl sites for hydroxylation is 1. The highest BCUT2D eigenvalue weighted by Crippen LogP contribution is 2.45. The Labute approximate surface area is 182 Å². The maximum absolute atomic E-state index is 14.0. The van der Waals surface area contributed by atoms with Crippen LogP contribution in [0, 0.1) is 18.3 Å². The van der Waals surface area contributed by atoms with E-state index in [4.69, 9.17) is 14.7 Å². The van der Waals surface area contributed by atoms with Gasteiger partial charge in [-0.3, -0.25) is 0 Å². The molecule has 2 aromatic heterocycles. The molecule has 0 saturated heterocycles. The maximum atomic E-state index is 14.0. The number of nitrogens with zero attached hydrogens (tertiary/aromatic N) is 4. The van der Waals surface area contributed by atoms with Gasteiger partial charge in [-0.25, -0.2) is 9.67 Å². The summed E-state index contributed by atoms with van der Waals surface area (Å²) < 4.78 is 53.4. The normalized spacial score (nSPS) is 17.8. The first-order chi connectivity index (χ1) is 15.2. The Bertz CT molecular complexity index is 1200. The summed E-state index contributed by atoms with van der Waals surface area (Å²) in [6.07, 6.45) is -3.29. The van der Waals surface area contributed by atoms with Crippen molar-refractivity contribution in [3.8, 4) is 28.8 Å². The minimum absolute atomic E-state index is 0.238. The highest BCUT2D eigenvalue weighted by Gasteiger charge is 2.46. The monoisotopic (exact) mass is 443 g/mol. The van der Waals surface area contributed by atoms with Gasteiger partial charge < -0.3 is 14.8 Å². The molecule has 0 spiro atoms. The summed E-state index contributed by atoms with van der Waals surface area (Å²) >= 11 is 0. The molecule has 1 N–H and O–H groups in total. The highest BCUT2D eigenvalue weighted by atomic mass is 19.4. The number of hydrogen-bond acceptors (Lipinski definition) is 6. The van der Waals surface area contributed by atoms with Gasteiger partial charge in [0.15, 0.2) is 17.5 Å². The first kappa shape index (κ1) is 21.5. The van der Waals surface area contributed by atoms with Crippen molar-refractivity contribution in [2.24, 2.45) is 0 Å². The van der Waals surface area contributed by atoms with Crippen LogP contribution in [0.2, 0.25) is 0 Å². The fourth-order valence-electron chi connectivity index (χ4n) is 3.83. The van der Waals surface area contributed by atoms with Crippen LogP contribution in [0.1, 0.15) is 35.3 Å². The first-order valence-electron chi connectivity index (χ1n) is 9.77. The molecule has 4 rings (SSSR count). The van der Waals surface area contributed by atoms with Crippen molar-refractivity contribution in [1.29, 1.82) is 5.26 Å². The van der Waals surface area contributed by atoms with Gasteiger partial charge in [0.05, 0.1) is 26.0 Å². The molecule has 0 saturated carbocycles. The Kier molecular flexibility index (Phi) is 5.42. The van der Waals surface area contributed by atoms with Crippen molar-refractivity contribution in [2.75, 3.05) is 19.5 Å². The molecule has 0 aliphatic carbocycles. The van der Waals surface area contributed by atoms with E-state index in [1.165, 1.54) is 20.4 Å². The zero-order chi connectivity index (χ0) is 23.0. The number of pyridine rings is 1. The maximum Gasteiger partial charge on any atom is 0.410 e. The van der Waals surface area contributed by atoms with Crippen molar-refractivity contribution in [3.05, 3.63) is 53.3 Å². The molecular formula is C22H20F3N5O2. The molecule has 0 radical (unpaired) electrons. The number of rotatable bonds is 4. The summed E-state index contributed by atoms with van der Waals surface area (Å²) in [7, 11) is 2.97. The van der Waals surface area contributed by atoms with E-state index < -0.39 is 18.3 Å². The molecule has 32 heavy (non-hydrogen) atoms. The summed E-state index contributed by atoms with van der Waals surface area (Å²) in [4.78, 5) is 4.07. The molecule has 10 heteroatoms. The molecule has 3 aromatic rings. The standard InChI is InChI=1S/C22H20F3N5O2/c1-12-6-14(11-27-17(12)10-26)16-9-21-28-15(8-20(22(23,24)25)30(21)29-16)13-4-5-18(31-2)19(7-13)32-3/h4-7,9,11,15,20,28H,8H2,1-3H3. The Hall–Kier alpha value is -3.74. The van der Waals surface area contributed by atoms with E-state index >= 15 is 0 Å². The zero-order valence-electron chi connectivity index (χ0n) is 17.6. The Morgan fingerprint density at radius 1 is 1.16 bits per heavy atom. The lowest BCUT2D eigenvalue weighted by atomic mass is 9.96. The number of ether oxygens (including phenoxy) is 2. The lowest BCUT2D eigenvalue weighted by Crippen LogP contribution is -2.35. The third kappa shape index (κ3) is 3.82. The van der Waals surface area contributed by atoms with Gasteiger partial charge in [0.1, 0.15) is 17.6 Å². The fourth-order valence-corrected chi connectivity index (χ4v) is 3.83. The van der Waals surface area contributed by atoms with E-state index in [9.17, 15) is 13.2 Å². The molecule has 0 bridgehead atoms. The van der Waals surface area contributed by atoms with E-state index in [0.717, 1.165) is 4.68 Å². The number of anilines is 1. The number of benzene rings is 1. The second kappa shape index (κ2) is 8.07. The summed E-state index contributed by atoms with van der Waals surface area (Å²) in [5.41, 5.74) is 2.41. The SMILES string of the molecule is COc1ccc(C2CC(C(F)(F)F)n3nc(-c4cnc(C#N)c(C)c4)cc3N2)cc1OC. The van der Waals surface area contributed by atoms with Crippen LogP contribution in [0.4, 0.5) is 19.0 Å². The van der Waals surface area contributed by atoms with Crippen LogP contribution in [-0.4, -0.2) is 35.2 Å². The van der Waals surface area contributed by atoms with Gasteiger partial charge in [-0.05, 0) is 36.2 Å². The predicted molar refractivity (Wildman–Crippen MR) is 111 cm³/mol. The molecule has 166 valence electrons. The third-order valence-corrected chi connectivity index (χ3v) is 5.48. The Morgan fingerprint density at radius 3 is 2.53 bits per heavy atom. The number of methoxy groups -OCH3 is 2. The molecule has 1 aromatic carbocycles. The molecule has 1 aliphatic rings. The summed E-state index contributed by atoms with van der Waals surface area (Å²) in [5, 5.41) is 16.4. The lowest BCUT2D eigenvalue weighted by molar-refractivity contribution is -0.173. The summed E-state index contributed by atoms with van der Waals surface area (Å²) in [6, 6.07) is 7.86. The van der Waals surface area contributed by atoms with Crippen LogP contribution >= 0.6 is 0 Å². The minimum atomic E-state index is -4.49. The van der Waals surface area contributed by atoms with E-state index in [2.05, 4.69) is 15.4 Å². The number of hydrogen-bond donors (Lipinski definition) is 1. The average molecular weight is 443 g/mol. The molecule has 3 heterocycles. The third-order valence-electron chi connectivity index (χ3n) is 5.48. The van der Waals surface area contributed by atoms with Gasteiger partial charge in [-0.15, -0.1) is 0 Å². The minimum Gasteiger partial charge on any atom is -0.493 e. The number of nitriles is 1. The molecule has 7 nitrogen and oxygen atoms in total. The van der Waals surface area contributed by atoms with E-state index in [0.29, 0.717) is 33.9 Å². The quantitative estimate of drug-likeness (QED) is 0.623. The molecule has 2 atom stereocenters. The van der Waals surface area contributed by atoms with Crippen molar-refractivity contribution in [2.45, 2.75) is 31.6 Å². The summed E-state index contributed by atoms with van der Waals surface area (Å²) in [5.74, 6) is 1.18. The van der Waals surface area contributed by atoms with Crippen LogP contribution in [0.3, 0.4) is 0 Å². The van der Waals surface area contributed by atoms with E-state index in [1.54, 1.807) is 37.3 Å². The lowest BCUT2D eigenvalue weighted by Gasteiger charge is -2.33. The first-order valence-corrected chi connectivity index (χ1v) is 9.77. The molecule has 0 fully saturated rings. The van der Waals surface area contributed by atoms with Crippen LogP contribution in [0.15, 0.2) is 36.5 Å². The average Bonchev–Trinajstić information content (AvgIpc) is 3.21. The van der Waals surface area contributed by atoms with Gasteiger partial charge >= 0.3 is 6.18 Å². The smallest absolute Gasteiger partial charge is 0.410 e. The topological polar surface area (TPSA) is 85.0 Å². The highest BCUT2D eigenvalue weighted by molar-refractivity contribution is 5.64. The van der Waals surface area contributed by atoms with Crippen molar-refractivity contribution in [3.63, 3.8) is 0 Å². The predicted octanol–water partition coefficient (Wildman–Crippen LogP) is 4.80.